The van der Waals surface area contributed by atoms with Crippen molar-refractivity contribution in [2.45, 2.75) is 37.8 Å². The molecule has 1 aromatic heterocycles. The number of methoxy groups -OCH3 is 1. The molecule has 0 aliphatic carbocycles. The zero-order valence-electron chi connectivity index (χ0n) is 11.6. The Kier molecular flexibility index (Phi) is 5.99. The molecule has 110 valence electrons. The third-order valence-electron chi connectivity index (χ3n) is 2.75. The van der Waals surface area contributed by atoms with Gasteiger partial charge in [-0.1, -0.05) is 0 Å². The first-order valence-corrected chi connectivity index (χ1v) is 7.71. The minimum absolute atomic E-state index is 0.0968. The van der Waals surface area contributed by atoms with Crippen LogP contribution in [0.4, 0.5) is 0 Å². The number of ether oxygens (including phenoxy) is 1. The third-order valence-corrected chi connectivity index (χ3v) is 4.18. The number of nitrogens with one attached hydrogen (secondary N) is 1. The molecule has 7 heteroatoms. The van der Waals surface area contributed by atoms with Gasteiger partial charge < -0.3 is 14.4 Å². The predicted molar refractivity (Wildman–Crippen MR) is 72.4 cm³/mol. The summed E-state index contributed by atoms with van der Waals surface area (Å²) in [6, 6.07) is 1.60. The molecule has 0 radical (unpaired) electrons. The molecule has 0 amide bonds. The summed E-state index contributed by atoms with van der Waals surface area (Å²) in [5, 5.41) is 9.24. The van der Waals surface area contributed by atoms with Gasteiger partial charge >= 0.3 is 0 Å². The van der Waals surface area contributed by atoms with Crippen molar-refractivity contribution in [3.05, 3.63) is 18.0 Å². The number of aliphatic hydroxyl groups excluding tert-OH is 1. The maximum Gasteiger partial charge on any atom is 0.242 e. The summed E-state index contributed by atoms with van der Waals surface area (Å²) in [6.07, 6.45) is 2.17. The molecule has 0 bridgehead atoms. The van der Waals surface area contributed by atoms with Crippen molar-refractivity contribution < 1.29 is 18.3 Å². The Morgan fingerprint density at radius 2 is 2.16 bits per heavy atom. The lowest BCUT2D eigenvalue weighted by atomic mass is 10.3. The Labute approximate surface area is 114 Å². The van der Waals surface area contributed by atoms with Gasteiger partial charge in [-0.15, -0.1) is 0 Å². The molecule has 1 aromatic rings. The van der Waals surface area contributed by atoms with Crippen LogP contribution in [-0.2, 0) is 21.4 Å². The molecule has 0 aliphatic heterocycles. The highest BCUT2D eigenvalue weighted by atomic mass is 32.2. The second-order valence-corrected chi connectivity index (χ2v) is 6.34. The second kappa shape index (κ2) is 7.04. The SMILES string of the molecule is COCCCNS(=O)(=O)c1cc(CO)n(C(C)C)c1. The fourth-order valence-corrected chi connectivity index (χ4v) is 2.88. The highest BCUT2D eigenvalue weighted by molar-refractivity contribution is 7.89. The Bertz CT molecular complexity index is 494. The van der Waals surface area contributed by atoms with Crippen LogP contribution in [0.15, 0.2) is 17.2 Å². The molecule has 0 aromatic carbocycles. The van der Waals surface area contributed by atoms with Gasteiger partial charge in [0.1, 0.15) is 0 Å². The summed E-state index contributed by atoms with van der Waals surface area (Å²) < 4.78 is 33.2. The topological polar surface area (TPSA) is 80.6 Å². The average Bonchev–Trinajstić information content (AvgIpc) is 2.79. The quantitative estimate of drug-likeness (QED) is 0.696. The first-order chi connectivity index (χ1) is 8.92. The largest absolute Gasteiger partial charge is 0.390 e. The Morgan fingerprint density at radius 1 is 1.47 bits per heavy atom. The number of aliphatic hydroxyl groups is 1. The number of aromatic nitrogens is 1. The summed E-state index contributed by atoms with van der Waals surface area (Å²) in [5.41, 5.74) is 0.590. The first-order valence-electron chi connectivity index (χ1n) is 6.22. The van der Waals surface area contributed by atoms with Gasteiger partial charge in [0.2, 0.25) is 10.0 Å². The van der Waals surface area contributed by atoms with E-state index >= 15 is 0 Å². The van der Waals surface area contributed by atoms with Crippen molar-refractivity contribution in [3.8, 4) is 0 Å². The molecule has 0 saturated carbocycles. The van der Waals surface area contributed by atoms with E-state index in [1.165, 1.54) is 6.07 Å². The molecule has 0 aliphatic rings. The van der Waals surface area contributed by atoms with E-state index in [0.717, 1.165) is 0 Å². The molecule has 1 rings (SSSR count). The molecular weight excluding hydrogens is 268 g/mol. The van der Waals surface area contributed by atoms with Crippen LogP contribution >= 0.6 is 0 Å². The minimum Gasteiger partial charge on any atom is -0.390 e. The lowest BCUT2D eigenvalue weighted by molar-refractivity contribution is 0.196. The first kappa shape index (κ1) is 16.2. The van der Waals surface area contributed by atoms with Crippen LogP contribution in [0, 0.1) is 0 Å². The van der Waals surface area contributed by atoms with Gasteiger partial charge in [0.25, 0.3) is 0 Å². The molecule has 19 heavy (non-hydrogen) atoms. The molecular formula is C12H22N2O4S. The van der Waals surface area contributed by atoms with Crippen LogP contribution in [0.5, 0.6) is 0 Å². The average molecular weight is 290 g/mol. The highest BCUT2D eigenvalue weighted by Crippen LogP contribution is 2.18. The normalized spacial score (nSPS) is 12.3. The van der Waals surface area contributed by atoms with Crippen LogP contribution in [0.25, 0.3) is 0 Å². The van der Waals surface area contributed by atoms with Crippen LogP contribution in [-0.4, -0.2) is 38.4 Å². The lowest BCUT2D eigenvalue weighted by Crippen LogP contribution is -2.25. The summed E-state index contributed by atoms with van der Waals surface area (Å²) in [6.45, 7) is 4.52. The Morgan fingerprint density at radius 3 is 2.63 bits per heavy atom. The third kappa shape index (κ3) is 4.31. The van der Waals surface area contributed by atoms with E-state index in [9.17, 15) is 13.5 Å². The van der Waals surface area contributed by atoms with Gasteiger partial charge in [-0.05, 0) is 26.3 Å². The molecule has 0 atom stereocenters. The Balaban J connectivity index is 2.83. The van der Waals surface area contributed by atoms with E-state index in [4.69, 9.17) is 4.74 Å². The lowest BCUT2D eigenvalue weighted by Gasteiger charge is -2.10. The maximum atomic E-state index is 12.1. The van der Waals surface area contributed by atoms with Gasteiger partial charge in [0.05, 0.1) is 11.5 Å². The van der Waals surface area contributed by atoms with E-state index in [-0.39, 0.29) is 17.5 Å². The van der Waals surface area contributed by atoms with Crippen molar-refractivity contribution in [1.82, 2.24) is 9.29 Å². The van der Waals surface area contributed by atoms with E-state index in [1.807, 2.05) is 13.8 Å². The number of hydrogen-bond donors (Lipinski definition) is 2. The van der Waals surface area contributed by atoms with Crippen LogP contribution in [0.2, 0.25) is 0 Å². The summed E-state index contributed by atoms with van der Waals surface area (Å²) in [4.78, 5) is 0.183. The van der Waals surface area contributed by atoms with Crippen LogP contribution in [0.3, 0.4) is 0 Å². The Hall–Kier alpha value is -0.890. The maximum absolute atomic E-state index is 12.1. The molecule has 1 heterocycles. The van der Waals surface area contributed by atoms with Crippen molar-refractivity contribution in [1.29, 1.82) is 0 Å². The molecule has 0 unspecified atom stereocenters. The molecule has 2 N–H and O–H groups in total. The van der Waals surface area contributed by atoms with Crippen molar-refractivity contribution in [2.24, 2.45) is 0 Å². The van der Waals surface area contributed by atoms with E-state index < -0.39 is 10.0 Å². The van der Waals surface area contributed by atoms with E-state index in [2.05, 4.69) is 4.72 Å². The van der Waals surface area contributed by atoms with Crippen molar-refractivity contribution in [3.63, 3.8) is 0 Å². The smallest absolute Gasteiger partial charge is 0.242 e. The summed E-state index contributed by atoms with van der Waals surface area (Å²) in [7, 11) is -1.95. The van der Waals surface area contributed by atoms with Gasteiger partial charge in [-0.25, -0.2) is 13.1 Å². The zero-order chi connectivity index (χ0) is 14.5. The van der Waals surface area contributed by atoms with Crippen LogP contribution in [0.1, 0.15) is 32.0 Å². The highest BCUT2D eigenvalue weighted by Gasteiger charge is 2.18. The number of sulfonamides is 1. The van der Waals surface area contributed by atoms with Crippen molar-refractivity contribution in [2.75, 3.05) is 20.3 Å². The fraction of sp³-hybridized carbons (Fsp3) is 0.667. The summed E-state index contributed by atoms with van der Waals surface area (Å²) >= 11 is 0. The molecule has 0 fully saturated rings. The monoisotopic (exact) mass is 290 g/mol. The van der Waals surface area contributed by atoms with Gasteiger partial charge in [0, 0.05) is 38.2 Å². The molecule has 0 saturated heterocycles. The standard InChI is InChI=1S/C12H22N2O4S/c1-10(2)14-8-12(7-11(14)9-15)19(16,17)13-5-4-6-18-3/h7-8,10,13,15H,4-6,9H2,1-3H3. The fourth-order valence-electron chi connectivity index (χ4n) is 1.76. The zero-order valence-corrected chi connectivity index (χ0v) is 12.4. The van der Waals surface area contributed by atoms with Crippen molar-refractivity contribution >= 4 is 10.0 Å². The van der Waals surface area contributed by atoms with Gasteiger partial charge in [-0.2, -0.15) is 0 Å². The predicted octanol–water partition coefficient (Wildman–Crippen LogP) is 0.876. The molecule has 0 spiro atoms. The number of rotatable bonds is 8. The van der Waals surface area contributed by atoms with Gasteiger partial charge in [0.15, 0.2) is 0 Å². The summed E-state index contributed by atoms with van der Waals surface area (Å²) in [5.74, 6) is 0. The van der Waals surface area contributed by atoms with E-state index in [1.54, 1.807) is 17.9 Å². The minimum atomic E-state index is -3.52. The van der Waals surface area contributed by atoms with Crippen LogP contribution < -0.4 is 4.72 Å². The number of nitrogens with zero attached hydrogens (tertiary/aromatic N) is 1. The number of hydrogen-bond acceptors (Lipinski definition) is 4. The van der Waals surface area contributed by atoms with Gasteiger partial charge in [-0.3, -0.25) is 0 Å². The molecule has 6 nitrogen and oxygen atoms in total. The van der Waals surface area contributed by atoms with E-state index in [0.29, 0.717) is 25.3 Å². The second-order valence-electron chi connectivity index (χ2n) is 4.57.